The van der Waals surface area contributed by atoms with E-state index in [1.807, 2.05) is 0 Å². The monoisotopic (exact) mass is 146 g/mol. The van der Waals surface area contributed by atoms with E-state index in [2.05, 4.69) is 23.5 Å². The summed E-state index contributed by atoms with van der Waals surface area (Å²) in [5, 5.41) is 9.85. The van der Waals surface area contributed by atoms with Crippen molar-refractivity contribution in [3.63, 3.8) is 0 Å². The number of nitrogens with zero attached hydrogens (tertiary/aromatic N) is 1. The van der Waals surface area contributed by atoms with Crippen molar-refractivity contribution < 1.29 is 9.84 Å². The van der Waals surface area contributed by atoms with Crippen molar-refractivity contribution in [2.45, 2.75) is 13.8 Å². The van der Waals surface area contributed by atoms with E-state index in [-0.39, 0.29) is 0 Å². The molecule has 3 nitrogen and oxygen atoms in total. The average Bonchev–Trinajstić information content (AvgIpc) is 1.99. The van der Waals surface area contributed by atoms with Gasteiger partial charge in [0.05, 0.1) is 6.61 Å². The van der Waals surface area contributed by atoms with Gasteiger partial charge in [0.2, 0.25) is 0 Å². The van der Waals surface area contributed by atoms with E-state index in [4.69, 9.17) is 0 Å². The summed E-state index contributed by atoms with van der Waals surface area (Å²) in [4.78, 5) is 2.22. The zero-order valence-corrected chi connectivity index (χ0v) is 6.80. The average molecular weight is 146 g/mol. The molecule has 0 aliphatic carbocycles. The minimum absolute atomic E-state index is 0.415. The molecule has 3 heteroatoms. The Balaban J connectivity index is 3.09. The molecule has 10 heavy (non-hydrogen) atoms. The topological polar surface area (TPSA) is 32.4 Å². The first-order valence-corrected chi connectivity index (χ1v) is 3.73. The summed E-state index contributed by atoms with van der Waals surface area (Å²) < 4.78 is 4.67. The summed E-state index contributed by atoms with van der Waals surface area (Å²) in [7, 11) is 0. The number of likely N-dealkylation sites (N-methyl/N-ethyl adjacent to an activating group) is 1. The summed E-state index contributed by atoms with van der Waals surface area (Å²) in [5.41, 5.74) is 0. The van der Waals surface area contributed by atoms with Crippen molar-refractivity contribution >= 4 is 0 Å². The van der Waals surface area contributed by atoms with Gasteiger partial charge in [0.25, 0.3) is 0 Å². The molecule has 0 aliphatic rings. The summed E-state index contributed by atoms with van der Waals surface area (Å²) >= 11 is 0. The molecule has 0 aromatic carbocycles. The largest absolute Gasteiger partial charge is 0.351 e. The van der Waals surface area contributed by atoms with Crippen LogP contribution in [-0.4, -0.2) is 37.9 Å². The van der Waals surface area contributed by atoms with Crippen molar-refractivity contribution in [3.8, 4) is 0 Å². The molecule has 0 aromatic heterocycles. The first-order valence-electron chi connectivity index (χ1n) is 3.73. The molecule has 0 N–H and O–H groups in total. The van der Waals surface area contributed by atoms with Crippen LogP contribution < -0.4 is 0 Å². The van der Waals surface area contributed by atoms with E-state index >= 15 is 0 Å². The fraction of sp³-hybridized carbons (Fsp3) is 1.00. The molecule has 0 unspecified atom stereocenters. The van der Waals surface area contributed by atoms with E-state index in [9.17, 15) is 5.11 Å². The third kappa shape index (κ3) is 4.73. The van der Waals surface area contributed by atoms with Crippen LogP contribution in [-0.2, 0) is 9.84 Å². The van der Waals surface area contributed by atoms with Crippen LogP contribution in [0.2, 0.25) is 0 Å². The van der Waals surface area contributed by atoms with Crippen molar-refractivity contribution in [2.75, 3.05) is 33.0 Å². The third-order valence-corrected chi connectivity index (χ3v) is 1.53. The van der Waals surface area contributed by atoms with Crippen LogP contribution in [0.15, 0.2) is 0 Å². The first-order chi connectivity index (χ1) is 4.85. The highest BCUT2D eigenvalue weighted by atomic mass is 16.6. The standard InChI is InChI=1S/C7H16NO2/c1-3-8(4-2)5-6-10-7-9/h3-7H2,1-2H3. The van der Waals surface area contributed by atoms with Crippen LogP contribution in [0.4, 0.5) is 0 Å². The number of hydrogen-bond donors (Lipinski definition) is 0. The highest BCUT2D eigenvalue weighted by Crippen LogP contribution is 1.85. The van der Waals surface area contributed by atoms with Gasteiger partial charge in [-0.3, -0.25) is 0 Å². The van der Waals surface area contributed by atoms with E-state index in [0.717, 1.165) is 19.6 Å². The van der Waals surface area contributed by atoms with Crippen LogP contribution in [0.1, 0.15) is 13.8 Å². The molecule has 1 radical (unpaired) electrons. The summed E-state index contributed by atoms with van der Waals surface area (Å²) in [6.45, 7) is 7.26. The zero-order chi connectivity index (χ0) is 7.82. The maximum absolute atomic E-state index is 9.85. The number of ether oxygens (including phenoxy) is 1. The summed E-state index contributed by atoms with van der Waals surface area (Å²) in [5.74, 6) is 0. The Hall–Kier alpha value is -0.120. The Morgan fingerprint density at radius 2 is 1.90 bits per heavy atom. The Kier molecular flexibility index (Phi) is 6.91. The van der Waals surface area contributed by atoms with Gasteiger partial charge in [0, 0.05) is 6.54 Å². The Morgan fingerprint density at radius 1 is 1.30 bits per heavy atom. The maximum Gasteiger partial charge on any atom is 0.180 e. The highest BCUT2D eigenvalue weighted by molar-refractivity contribution is 4.49. The molecule has 0 bridgehead atoms. The fourth-order valence-corrected chi connectivity index (χ4v) is 0.792. The van der Waals surface area contributed by atoms with Gasteiger partial charge < -0.3 is 9.64 Å². The molecular weight excluding hydrogens is 130 g/mol. The van der Waals surface area contributed by atoms with Gasteiger partial charge in [-0.1, -0.05) is 13.8 Å². The lowest BCUT2D eigenvalue weighted by atomic mass is 10.5. The molecule has 61 valence electrons. The third-order valence-electron chi connectivity index (χ3n) is 1.53. The van der Waals surface area contributed by atoms with Gasteiger partial charge in [0.15, 0.2) is 6.79 Å². The Labute approximate surface area is 62.6 Å². The Morgan fingerprint density at radius 3 is 2.30 bits per heavy atom. The minimum Gasteiger partial charge on any atom is -0.351 e. The zero-order valence-electron chi connectivity index (χ0n) is 6.80. The molecule has 0 aromatic rings. The molecule has 0 saturated carbocycles. The van der Waals surface area contributed by atoms with Gasteiger partial charge in [0.1, 0.15) is 0 Å². The lowest BCUT2D eigenvalue weighted by molar-refractivity contribution is -0.0486. The smallest absolute Gasteiger partial charge is 0.180 e. The minimum atomic E-state index is -0.415. The van der Waals surface area contributed by atoms with Gasteiger partial charge in [-0.25, -0.2) is 5.11 Å². The highest BCUT2D eigenvalue weighted by Gasteiger charge is 1.96. The van der Waals surface area contributed by atoms with Crippen LogP contribution in [0.3, 0.4) is 0 Å². The van der Waals surface area contributed by atoms with E-state index < -0.39 is 6.79 Å². The lowest BCUT2D eigenvalue weighted by Gasteiger charge is -2.16. The van der Waals surface area contributed by atoms with E-state index in [0.29, 0.717) is 6.61 Å². The van der Waals surface area contributed by atoms with Crippen molar-refractivity contribution in [2.24, 2.45) is 0 Å². The van der Waals surface area contributed by atoms with Gasteiger partial charge in [-0.2, -0.15) is 0 Å². The molecular formula is C7H16NO2. The van der Waals surface area contributed by atoms with E-state index in [1.54, 1.807) is 0 Å². The van der Waals surface area contributed by atoms with Gasteiger partial charge in [-0.15, -0.1) is 0 Å². The first kappa shape index (κ1) is 9.88. The van der Waals surface area contributed by atoms with Gasteiger partial charge >= 0.3 is 0 Å². The normalized spacial score (nSPS) is 10.8. The fourth-order valence-electron chi connectivity index (χ4n) is 0.792. The molecule has 0 amide bonds. The lowest BCUT2D eigenvalue weighted by Crippen LogP contribution is -2.27. The second kappa shape index (κ2) is 6.99. The maximum atomic E-state index is 9.85. The van der Waals surface area contributed by atoms with Gasteiger partial charge in [-0.05, 0) is 13.1 Å². The van der Waals surface area contributed by atoms with E-state index in [1.165, 1.54) is 0 Å². The second-order valence-corrected chi connectivity index (χ2v) is 2.05. The molecule has 0 saturated heterocycles. The van der Waals surface area contributed by atoms with Crippen molar-refractivity contribution in [1.82, 2.24) is 4.90 Å². The predicted octanol–water partition coefficient (Wildman–Crippen LogP) is 0.733. The quantitative estimate of drug-likeness (QED) is 0.409. The summed E-state index contributed by atoms with van der Waals surface area (Å²) in [6.07, 6.45) is 0. The molecule has 0 spiro atoms. The molecule has 0 atom stereocenters. The molecule has 0 aliphatic heterocycles. The van der Waals surface area contributed by atoms with Crippen LogP contribution in [0.5, 0.6) is 0 Å². The predicted molar refractivity (Wildman–Crippen MR) is 39.3 cm³/mol. The van der Waals surface area contributed by atoms with Crippen molar-refractivity contribution in [3.05, 3.63) is 0 Å². The van der Waals surface area contributed by atoms with Crippen LogP contribution in [0, 0.1) is 0 Å². The molecule has 0 fully saturated rings. The second-order valence-electron chi connectivity index (χ2n) is 2.05. The summed E-state index contributed by atoms with van der Waals surface area (Å²) in [6, 6.07) is 0. The SMILES string of the molecule is CCN(CC)CCOC[O]. The van der Waals surface area contributed by atoms with Crippen LogP contribution >= 0.6 is 0 Å². The van der Waals surface area contributed by atoms with Crippen LogP contribution in [0.25, 0.3) is 0 Å². The molecule has 0 heterocycles. The Bertz CT molecular complexity index is 64.6. The van der Waals surface area contributed by atoms with Crippen molar-refractivity contribution in [1.29, 1.82) is 0 Å². The molecule has 0 rings (SSSR count). The number of hydrogen-bond acceptors (Lipinski definition) is 2. The number of rotatable bonds is 6.